The number of carbonyl (C=O) groups excluding carboxylic acids is 1. The Bertz CT molecular complexity index is 1020. The first-order valence-electron chi connectivity index (χ1n) is 10.1. The lowest BCUT2D eigenvalue weighted by Gasteiger charge is -2.23. The van der Waals surface area contributed by atoms with Crippen LogP contribution in [0.3, 0.4) is 0 Å². The number of benzene rings is 2. The molecule has 1 aliphatic rings. The zero-order valence-electron chi connectivity index (χ0n) is 16.6. The first kappa shape index (κ1) is 21.1. The fraction of sp³-hybridized carbons (Fsp3) is 0.240. The first-order chi connectivity index (χ1) is 13.8. The number of para-hydroxylation sites is 1. The highest BCUT2D eigenvalue weighted by molar-refractivity contribution is 5.99. The van der Waals surface area contributed by atoms with Gasteiger partial charge in [-0.05, 0) is 24.1 Å². The van der Waals surface area contributed by atoms with Gasteiger partial charge in [0.15, 0.2) is 0 Å². The van der Waals surface area contributed by atoms with E-state index in [9.17, 15) is 4.79 Å². The van der Waals surface area contributed by atoms with Gasteiger partial charge in [0, 0.05) is 35.6 Å². The Balaban J connectivity index is 0.00000240. The lowest BCUT2D eigenvalue weighted by Crippen LogP contribution is -3.11. The zero-order valence-corrected chi connectivity index (χ0v) is 17.4. The summed E-state index contributed by atoms with van der Waals surface area (Å²) >= 11 is 0. The van der Waals surface area contributed by atoms with Gasteiger partial charge >= 0.3 is 0 Å². The second-order valence-electron chi connectivity index (χ2n) is 7.50. The molecule has 3 aromatic rings. The first-order valence-corrected chi connectivity index (χ1v) is 10.1. The lowest BCUT2D eigenvalue weighted by atomic mass is 9.98. The topological polar surface area (TPSA) is 26.4 Å². The molecule has 150 valence electrons. The molecule has 3 nitrogen and oxygen atoms in total. The Kier molecular flexibility index (Phi) is 7.08. The van der Waals surface area contributed by atoms with E-state index in [2.05, 4.69) is 55.1 Å². The van der Waals surface area contributed by atoms with Crippen molar-refractivity contribution in [1.29, 1.82) is 0 Å². The fourth-order valence-electron chi connectivity index (χ4n) is 4.06. The second kappa shape index (κ2) is 9.73. The molecular weight excluding hydrogens is 380 g/mol. The van der Waals surface area contributed by atoms with E-state index in [1.54, 1.807) is 11.0 Å². The van der Waals surface area contributed by atoms with Gasteiger partial charge in [-0.3, -0.25) is 9.36 Å². The van der Waals surface area contributed by atoms with Crippen LogP contribution in [0.4, 0.5) is 0 Å². The molecule has 1 atom stereocenters. The van der Waals surface area contributed by atoms with Crippen LogP contribution in [0.5, 0.6) is 0 Å². The minimum absolute atomic E-state index is 0. The maximum absolute atomic E-state index is 12.7. The number of hydrogen-bond donors (Lipinski definition) is 1. The van der Waals surface area contributed by atoms with Gasteiger partial charge in [-0.15, -0.1) is 6.58 Å². The van der Waals surface area contributed by atoms with Crippen LogP contribution in [0.2, 0.25) is 0 Å². The Hall–Kier alpha value is -2.62. The van der Waals surface area contributed by atoms with Crippen molar-refractivity contribution in [3.05, 3.63) is 90.7 Å². The molecule has 0 bridgehead atoms. The number of rotatable bonds is 6. The van der Waals surface area contributed by atoms with E-state index in [1.165, 1.54) is 22.1 Å². The molecule has 0 saturated heterocycles. The third-order valence-corrected chi connectivity index (χ3v) is 5.57. The lowest BCUT2D eigenvalue weighted by molar-refractivity contribution is -0.908. The Morgan fingerprint density at radius 1 is 1.10 bits per heavy atom. The van der Waals surface area contributed by atoms with Crippen molar-refractivity contribution in [2.75, 3.05) is 13.1 Å². The minimum Gasteiger partial charge on any atom is -1.00 e. The predicted molar refractivity (Wildman–Crippen MR) is 115 cm³/mol. The van der Waals surface area contributed by atoms with E-state index >= 15 is 0 Å². The highest BCUT2D eigenvalue weighted by atomic mass is 35.5. The smallest absolute Gasteiger partial charge is 0.231 e. The molecule has 0 aliphatic carbocycles. The number of fused-ring (bicyclic) bond motifs is 1. The van der Waals surface area contributed by atoms with Gasteiger partial charge in [0.2, 0.25) is 5.91 Å². The van der Waals surface area contributed by atoms with Crippen LogP contribution in [0, 0.1) is 0 Å². The van der Waals surface area contributed by atoms with E-state index < -0.39 is 0 Å². The summed E-state index contributed by atoms with van der Waals surface area (Å²) in [6, 6.07) is 18.9. The molecule has 29 heavy (non-hydrogen) atoms. The molecule has 0 amide bonds. The molecule has 2 heterocycles. The molecule has 4 heteroatoms. The van der Waals surface area contributed by atoms with Crippen molar-refractivity contribution >= 4 is 22.4 Å². The van der Waals surface area contributed by atoms with Gasteiger partial charge in [-0.25, -0.2) is 0 Å². The third kappa shape index (κ3) is 4.69. The number of nitrogens with one attached hydrogen (secondary N) is 1. The van der Waals surface area contributed by atoms with Gasteiger partial charge < -0.3 is 17.3 Å². The molecule has 0 fully saturated rings. The highest BCUT2D eigenvalue weighted by Crippen LogP contribution is 2.29. The third-order valence-electron chi connectivity index (χ3n) is 5.57. The van der Waals surface area contributed by atoms with E-state index in [0.29, 0.717) is 12.8 Å². The molecule has 0 radical (unpaired) electrons. The minimum atomic E-state index is 0. The molecule has 1 aromatic heterocycles. The normalized spacial score (nSPS) is 16.1. The van der Waals surface area contributed by atoms with Gasteiger partial charge in [0.25, 0.3) is 0 Å². The molecule has 0 spiro atoms. The van der Waals surface area contributed by atoms with Crippen LogP contribution in [-0.4, -0.2) is 23.6 Å². The van der Waals surface area contributed by atoms with Crippen molar-refractivity contribution in [2.45, 2.75) is 25.8 Å². The number of halogens is 1. The molecule has 1 unspecified atom stereocenters. The summed E-state index contributed by atoms with van der Waals surface area (Å²) in [6.07, 6.45) is 8.46. The molecule has 1 aliphatic heterocycles. The van der Waals surface area contributed by atoms with Gasteiger partial charge in [-0.1, -0.05) is 54.6 Å². The average Bonchev–Trinajstić information content (AvgIpc) is 3.13. The molecule has 4 rings (SSSR count). The maximum atomic E-state index is 12.7. The largest absolute Gasteiger partial charge is 1.00 e. The van der Waals surface area contributed by atoms with Gasteiger partial charge in [0.05, 0.1) is 18.6 Å². The van der Waals surface area contributed by atoms with Crippen LogP contribution < -0.4 is 17.3 Å². The Labute approximate surface area is 178 Å². The van der Waals surface area contributed by atoms with E-state index in [0.717, 1.165) is 31.6 Å². The van der Waals surface area contributed by atoms with Crippen molar-refractivity contribution in [3.8, 4) is 0 Å². The molecule has 1 N–H and O–H groups in total. The van der Waals surface area contributed by atoms with Gasteiger partial charge in [-0.2, -0.15) is 0 Å². The summed E-state index contributed by atoms with van der Waals surface area (Å²) in [5.41, 5.74) is 4.97. The monoisotopic (exact) mass is 406 g/mol. The Morgan fingerprint density at radius 3 is 2.59 bits per heavy atom. The summed E-state index contributed by atoms with van der Waals surface area (Å²) in [6.45, 7) is 6.93. The maximum Gasteiger partial charge on any atom is 0.231 e. The van der Waals surface area contributed by atoms with Crippen LogP contribution in [-0.2, 0) is 6.54 Å². The number of nitrogens with zero attached hydrogens (tertiary/aromatic N) is 1. The van der Waals surface area contributed by atoms with Crippen LogP contribution in [0.25, 0.3) is 16.5 Å². The summed E-state index contributed by atoms with van der Waals surface area (Å²) in [5, 5.41) is 1.17. The van der Waals surface area contributed by atoms with Crippen LogP contribution >= 0.6 is 0 Å². The number of hydrogen-bond acceptors (Lipinski definition) is 1. The predicted octanol–water partition coefficient (Wildman–Crippen LogP) is 1.12. The molecule has 0 saturated carbocycles. The highest BCUT2D eigenvalue weighted by Gasteiger charge is 2.20. The molecule has 2 aromatic carbocycles. The van der Waals surface area contributed by atoms with E-state index in [1.807, 2.05) is 22.9 Å². The summed E-state index contributed by atoms with van der Waals surface area (Å²) in [4.78, 5) is 14.2. The van der Waals surface area contributed by atoms with Crippen LogP contribution in [0.1, 0.15) is 35.2 Å². The summed E-state index contributed by atoms with van der Waals surface area (Å²) in [7, 11) is 0. The standard InChI is InChI=1S/C25H26N2O.ClH/c1-2-3-13-25(28)27-19-23(22-11-7-8-12-24(22)27)21-14-16-26(17-15-21)18-20-9-5-4-6-10-20;/h2,4-12,14,19H,1,3,13,15-18H2;1H. The molecular formula is C25H27ClN2O. The van der Waals surface area contributed by atoms with Gasteiger partial charge in [0.1, 0.15) is 6.54 Å². The van der Waals surface area contributed by atoms with Crippen molar-refractivity contribution in [3.63, 3.8) is 0 Å². The quantitative estimate of drug-likeness (QED) is 0.610. The number of aromatic nitrogens is 1. The Morgan fingerprint density at radius 2 is 1.86 bits per heavy atom. The van der Waals surface area contributed by atoms with E-state index in [4.69, 9.17) is 0 Å². The number of carbonyl (C=O) groups is 1. The summed E-state index contributed by atoms with van der Waals surface area (Å²) in [5.74, 6) is 0.134. The van der Waals surface area contributed by atoms with E-state index in [-0.39, 0.29) is 18.3 Å². The van der Waals surface area contributed by atoms with Crippen molar-refractivity contribution in [2.24, 2.45) is 0 Å². The number of allylic oxidation sites excluding steroid dienone is 1. The van der Waals surface area contributed by atoms with Crippen molar-refractivity contribution in [1.82, 2.24) is 4.57 Å². The zero-order chi connectivity index (χ0) is 19.3. The second-order valence-corrected chi connectivity index (χ2v) is 7.50. The SMILES string of the molecule is C=CCCC(=O)n1cc(C2=CC[NH+](Cc3ccccc3)CC2)c2ccccc21.[Cl-]. The average molecular weight is 407 g/mol. The van der Waals surface area contributed by atoms with Crippen LogP contribution in [0.15, 0.2) is 79.5 Å². The van der Waals surface area contributed by atoms with Crippen molar-refractivity contribution < 1.29 is 22.1 Å². The fourth-order valence-corrected chi connectivity index (χ4v) is 4.06. The summed E-state index contributed by atoms with van der Waals surface area (Å²) < 4.78 is 1.83. The number of quaternary nitrogens is 1.